The van der Waals surface area contributed by atoms with Crippen LogP contribution >= 0.6 is 0 Å². The fourth-order valence-electron chi connectivity index (χ4n) is 2.44. The summed E-state index contributed by atoms with van der Waals surface area (Å²) < 4.78 is 1.69. The van der Waals surface area contributed by atoms with Crippen molar-refractivity contribution in [1.82, 2.24) is 14.8 Å². The average molecular weight is 337 g/mol. The minimum atomic E-state index is -0.468. The van der Waals surface area contributed by atoms with Crippen LogP contribution < -0.4 is 5.32 Å². The summed E-state index contributed by atoms with van der Waals surface area (Å²) in [4.78, 5) is 26.5. The van der Waals surface area contributed by atoms with Crippen LogP contribution in [0.1, 0.15) is 11.3 Å². The minimum absolute atomic E-state index is 0.00724. The highest BCUT2D eigenvalue weighted by molar-refractivity contribution is 6.02. The molecule has 0 spiro atoms. The van der Waals surface area contributed by atoms with Gasteiger partial charge in [-0.05, 0) is 36.8 Å². The predicted molar refractivity (Wildman–Crippen MR) is 94.0 cm³/mol. The Hall–Kier alpha value is -3.55. The summed E-state index contributed by atoms with van der Waals surface area (Å²) in [7, 11) is 1.81. The van der Waals surface area contributed by atoms with Gasteiger partial charge in [0.1, 0.15) is 0 Å². The van der Waals surface area contributed by atoms with E-state index in [1.54, 1.807) is 29.1 Å². The lowest BCUT2D eigenvalue weighted by molar-refractivity contribution is -0.384. The summed E-state index contributed by atoms with van der Waals surface area (Å²) in [6.07, 6.45) is 4.52. The zero-order valence-corrected chi connectivity index (χ0v) is 13.6. The van der Waals surface area contributed by atoms with E-state index in [0.717, 1.165) is 16.7 Å². The van der Waals surface area contributed by atoms with Gasteiger partial charge in [0.25, 0.3) is 5.69 Å². The monoisotopic (exact) mass is 337 g/mol. The second-order valence-electron chi connectivity index (χ2n) is 5.48. The van der Waals surface area contributed by atoms with E-state index in [4.69, 9.17) is 0 Å². The molecule has 0 saturated heterocycles. The van der Waals surface area contributed by atoms with Gasteiger partial charge in [-0.2, -0.15) is 5.10 Å². The Morgan fingerprint density at radius 3 is 2.72 bits per heavy atom. The maximum Gasteiger partial charge on any atom is 0.269 e. The quantitative estimate of drug-likeness (QED) is 0.448. The number of carbonyl (C=O) groups is 1. The molecule has 0 aliphatic carbocycles. The van der Waals surface area contributed by atoms with Crippen LogP contribution in [0.5, 0.6) is 0 Å². The molecule has 0 aliphatic rings. The molecule has 25 heavy (non-hydrogen) atoms. The Kier molecular flexibility index (Phi) is 4.25. The molecule has 0 saturated carbocycles. The highest BCUT2D eigenvalue weighted by Crippen LogP contribution is 2.19. The molecule has 1 aromatic carbocycles. The Labute approximate surface area is 142 Å². The Morgan fingerprint density at radius 2 is 2.04 bits per heavy atom. The molecule has 3 rings (SSSR count). The Balaban J connectivity index is 1.71. The first-order valence-corrected chi connectivity index (χ1v) is 7.47. The van der Waals surface area contributed by atoms with Crippen molar-refractivity contribution in [1.29, 1.82) is 0 Å². The highest BCUT2D eigenvalue weighted by Gasteiger charge is 2.08. The third-order valence-electron chi connectivity index (χ3n) is 3.66. The van der Waals surface area contributed by atoms with Crippen molar-refractivity contribution >= 4 is 34.4 Å². The molecule has 126 valence electrons. The Bertz CT molecular complexity index is 989. The fourth-order valence-corrected chi connectivity index (χ4v) is 2.44. The number of aromatic nitrogens is 3. The van der Waals surface area contributed by atoms with E-state index in [-0.39, 0.29) is 11.6 Å². The molecule has 8 nitrogen and oxygen atoms in total. The van der Waals surface area contributed by atoms with E-state index in [0.29, 0.717) is 11.3 Å². The third kappa shape index (κ3) is 3.52. The summed E-state index contributed by atoms with van der Waals surface area (Å²) in [5, 5.41) is 18.5. The lowest BCUT2D eigenvalue weighted by Gasteiger charge is -2.02. The summed E-state index contributed by atoms with van der Waals surface area (Å²) in [6, 6.07) is 7.76. The zero-order chi connectivity index (χ0) is 18.0. The van der Waals surface area contributed by atoms with Crippen molar-refractivity contribution in [2.75, 3.05) is 5.32 Å². The van der Waals surface area contributed by atoms with E-state index in [1.807, 2.05) is 20.0 Å². The maximum absolute atomic E-state index is 12.0. The summed E-state index contributed by atoms with van der Waals surface area (Å²) in [5.41, 5.74) is 2.85. The van der Waals surface area contributed by atoms with Crippen molar-refractivity contribution in [2.45, 2.75) is 6.92 Å². The van der Waals surface area contributed by atoms with E-state index in [9.17, 15) is 14.9 Å². The van der Waals surface area contributed by atoms with Crippen LogP contribution in [0.15, 0.2) is 42.6 Å². The smallest absolute Gasteiger partial charge is 0.269 e. The van der Waals surface area contributed by atoms with E-state index in [1.165, 1.54) is 18.2 Å². The molecule has 2 heterocycles. The number of hydrogen-bond donors (Lipinski definition) is 1. The third-order valence-corrected chi connectivity index (χ3v) is 3.66. The normalized spacial score (nSPS) is 11.1. The molecular formula is C17H15N5O3. The number of carbonyl (C=O) groups excluding carboxylic acids is 1. The van der Waals surface area contributed by atoms with Crippen molar-refractivity contribution in [2.24, 2.45) is 7.05 Å². The van der Waals surface area contributed by atoms with Crippen molar-refractivity contribution in [3.63, 3.8) is 0 Å². The lowest BCUT2D eigenvalue weighted by atomic mass is 10.2. The molecule has 1 N–H and O–H groups in total. The van der Waals surface area contributed by atoms with Gasteiger partial charge in [0.05, 0.1) is 22.5 Å². The van der Waals surface area contributed by atoms with Crippen molar-refractivity contribution < 1.29 is 9.72 Å². The van der Waals surface area contributed by atoms with Gasteiger partial charge in [0, 0.05) is 30.6 Å². The molecular weight excluding hydrogens is 322 g/mol. The van der Waals surface area contributed by atoms with Crippen molar-refractivity contribution in [3.8, 4) is 0 Å². The van der Waals surface area contributed by atoms with E-state index >= 15 is 0 Å². The second kappa shape index (κ2) is 6.52. The molecule has 0 atom stereocenters. The number of amides is 1. The minimum Gasteiger partial charge on any atom is -0.321 e. The number of rotatable bonds is 4. The van der Waals surface area contributed by atoms with Gasteiger partial charge in [0.15, 0.2) is 5.65 Å². The fraction of sp³-hybridized carbons (Fsp3) is 0.118. The number of nitro benzene ring substituents is 1. The lowest BCUT2D eigenvalue weighted by Crippen LogP contribution is -2.08. The number of fused-ring (bicyclic) bond motifs is 1. The molecule has 0 radical (unpaired) electrons. The first-order chi connectivity index (χ1) is 11.9. The van der Waals surface area contributed by atoms with Crippen LogP contribution in [0, 0.1) is 17.0 Å². The number of nitro groups is 1. The molecule has 0 unspecified atom stereocenters. The topological polar surface area (TPSA) is 103 Å². The molecule has 8 heteroatoms. The molecule has 0 bridgehead atoms. The predicted octanol–water partition coefficient (Wildman–Crippen LogP) is 2.84. The van der Waals surface area contributed by atoms with Crippen molar-refractivity contribution in [3.05, 3.63) is 64.0 Å². The summed E-state index contributed by atoms with van der Waals surface area (Å²) in [5.74, 6) is -0.318. The number of benzene rings is 1. The van der Waals surface area contributed by atoms with Gasteiger partial charge in [-0.15, -0.1) is 0 Å². The number of nitrogens with zero attached hydrogens (tertiary/aromatic N) is 4. The zero-order valence-electron chi connectivity index (χ0n) is 13.6. The molecule has 0 aliphatic heterocycles. The summed E-state index contributed by atoms with van der Waals surface area (Å²) >= 11 is 0. The Morgan fingerprint density at radius 1 is 1.32 bits per heavy atom. The summed E-state index contributed by atoms with van der Waals surface area (Å²) in [6.45, 7) is 1.88. The van der Waals surface area contributed by atoms with Crippen LogP contribution in [0.3, 0.4) is 0 Å². The first kappa shape index (κ1) is 16.3. The standard InChI is InChI=1S/C17H15N5O3/c1-11-15-9-13(10-18-17(15)21(2)20-11)19-16(23)8-5-12-3-6-14(7-4-12)22(24)25/h3-10H,1-2H3,(H,19,23)/b8-5+. The van der Waals surface area contributed by atoms with Gasteiger partial charge >= 0.3 is 0 Å². The SMILES string of the molecule is Cc1nn(C)c2ncc(NC(=O)/C=C/c3ccc([N+](=O)[O-])cc3)cc12. The van der Waals surface area contributed by atoms with Gasteiger partial charge in [0.2, 0.25) is 5.91 Å². The molecule has 3 aromatic rings. The number of anilines is 1. The van der Waals surface area contributed by atoms with E-state index < -0.39 is 4.92 Å². The van der Waals surface area contributed by atoms with Crippen LogP contribution in [-0.4, -0.2) is 25.6 Å². The molecule has 1 amide bonds. The van der Waals surface area contributed by atoms with Gasteiger partial charge in [-0.1, -0.05) is 0 Å². The van der Waals surface area contributed by atoms with Gasteiger partial charge in [-0.25, -0.2) is 4.98 Å². The van der Waals surface area contributed by atoms with Crippen LogP contribution in [-0.2, 0) is 11.8 Å². The van der Waals surface area contributed by atoms with Gasteiger partial charge in [-0.3, -0.25) is 19.6 Å². The van der Waals surface area contributed by atoms with E-state index in [2.05, 4.69) is 15.4 Å². The maximum atomic E-state index is 12.0. The largest absolute Gasteiger partial charge is 0.321 e. The first-order valence-electron chi connectivity index (χ1n) is 7.47. The van der Waals surface area contributed by atoms with Gasteiger partial charge < -0.3 is 5.32 Å². The second-order valence-corrected chi connectivity index (χ2v) is 5.48. The highest BCUT2D eigenvalue weighted by atomic mass is 16.6. The number of non-ortho nitro benzene ring substituents is 1. The number of aryl methyl sites for hydroxylation is 2. The number of pyridine rings is 1. The number of hydrogen-bond acceptors (Lipinski definition) is 5. The van der Waals surface area contributed by atoms with Crippen LogP contribution in [0.25, 0.3) is 17.1 Å². The average Bonchev–Trinajstić information content (AvgIpc) is 2.87. The van der Waals surface area contributed by atoms with Crippen LogP contribution in [0.4, 0.5) is 11.4 Å². The molecule has 2 aromatic heterocycles. The molecule has 0 fully saturated rings. The number of nitrogens with one attached hydrogen (secondary N) is 1. The van der Waals surface area contributed by atoms with Crippen LogP contribution in [0.2, 0.25) is 0 Å².